The third-order valence-corrected chi connectivity index (χ3v) is 4.23. The number of aliphatic hydroxyl groups is 1. The van der Waals surface area contributed by atoms with E-state index >= 15 is 0 Å². The van der Waals surface area contributed by atoms with Gasteiger partial charge in [-0.3, -0.25) is 0 Å². The summed E-state index contributed by atoms with van der Waals surface area (Å²) in [6.07, 6.45) is 18.9. The van der Waals surface area contributed by atoms with Gasteiger partial charge in [0.1, 0.15) is 0 Å². The highest BCUT2D eigenvalue weighted by molar-refractivity contribution is 5.12. The Morgan fingerprint density at radius 2 is 1.08 bits per heavy atom. The maximum absolute atomic E-state index is 9.15. The summed E-state index contributed by atoms with van der Waals surface area (Å²) in [6.45, 7) is 13.2. The first kappa shape index (κ1) is 23.7. The van der Waals surface area contributed by atoms with Crippen molar-refractivity contribution in [2.24, 2.45) is 0 Å². The van der Waals surface area contributed by atoms with E-state index in [4.69, 9.17) is 5.11 Å². The Morgan fingerprint density at radius 1 is 0.600 bits per heavy atom. The van der Waals surface area contributed by atoms with Crippen LogP contribution in [0.3, 0.4) is 0 Å². The smallest absolute Gasteiger partial charge is 0.0615 e. The number of hydrogen-bond acceptors (Lipinski definition) is 1. The van der Waals surface area contributed by atoms with Gasteiger partial charge in [-0.2, -0.15) is 0 Å². The molecule has 1 heteroatoms. The monoisotopic (exact) mass is 344 g/mol. The highest BCUT2D eigenvalue weighted by Crippen LogP contribution is 2.16. The highest BCUT2D eigenvalue weighted by atomic mass is 16.2. The molecule has 25 heavy (non-hydrogen) atoms. The summed E-state index contributed by atoms with van der Waals surface area (Å²) < 4.78 is 0. The number of rotatable bonds is 12. The quantitative estimate of drug-likeness (QED) is 0.364. The van der Waals surface area contributed by atoms with Gasteiger partial charge in [0.25, 0.3) is 0 Å². The van der Waals surface area contributed by atoms with Crippen LogP contribution < -0.4 is 0 Å². The first-order valence-electron chi connectivity index (χ1n) is 9.72. The lowest BCUT2D eigenvalue weighted by Gasteiger charge is -2.05. The Morgan fingerprint density at radius 3 is 1.56 bits per heavy atom. The minimum atomic E-state index is 0.144. The topological polar surface area (TPSA) is 20.2 Å². The van der Waals surface area contributed by atoms with Crippen molar-refractivity contribution >= 4 is 0 Å². The molecule has 0 heterocycles. The van der Waals surface area contributed by atoms with Crippen molar-refractivity contribution in [3.63, 3.8) is 0 Å². The second-order valence-electron chi connectivity index (χ2n) is 7.53. The standard InChI is InChI=1S/C24H40O/c1-20(2)10-7-11-22(5)12-8-13-23(6)14-9-15-24(18-19-25)17-16-21(3)4/h10,12,14,16,18,25H,7-9,11,13,15,17,19H2,1-6H3. The van der Waals surface area contributed by atoms with Crippen molar-refractivity contribution in [2.45, 2.75) is 86.5 Å². The van der Waals surface area contributed by atoms with Gasteiger partial charge in [0, 0.05) is 0 Å². The molecule has 0 spiro atoms. The van der Waals surface area contributed by atoms with E-state index in [0.29, 0.717) is 0 Å². The molecule has 0 atom stereocenters. The summed E-state index contributed by atoms with van der Waals surface area (Å²) >= 11 is 0. The van der Waals surface area contributed by atoms with E-state index in [1.54, 1.807) is 0 Å². The number of aliphatic hydroxyl groups excluding tert-OH is 1. The van der Waals surface area contributed by atoms with Gasteiger partial charge in [-0.25, -0.2) is 0 Å². The SMILES string of the molecule is CC(C)=CCCC(C)=CCCC(C)=CCCC(=CCO)CC=C(C)C. The van der Waals surface area contributed by atoms with Gasteiger partial charge in [-0.15, -0.1) is 0 Å². The van der Waals surface area contributed by atoms with Crippen LogP contribution >= 0.6 is 0 Å². The Kier molecular flexibility index (Phi) is 14.2. The van der Waals surface area contributed by atoms with Crippen LogP contribution in [0.1, 0.15) is 86.5 Å². The molecule has 0 radical (unpaired) electrons. The first-order valence-corrected chi connectivity index (χ1v) is 9.72. The lowest BCUT2D eigenvalue weighted by atomic mass is 10.0. The van der Waals surface area contributed by atoms with E-state index in [1.807, 2.05) is 6.08 Å². The molecule has 0 amide bonds. The Bertz CT molecular complexity index is 504. The van der Waals surface area contributed by atoms with Crippen molar-refractivity contribution in [3.05, 3.63) is 58.2 Å². The molecule has 0 rings (SSSR count). The zero-order valence-corrected chi connectivity index (χ0v) is 17.5. The minimum absolute atomic E-state index is 0.144. The molecule has 1 nitrogen and oxygen atoms in total. The third-order valence-electron chi connectivity index (χ3n) is 4.23. The van der Waals surface area contributed by atoms with Crippen molar-refractivity contribution in [1.82, 2.24) is 0 Å². The summed E-state index contributed by atoms with van der Waals surface area (Å²) in [6, 6.07) is 0. The molecular formula is C24H40O. The van der Waals surface area contributed by atoms with Crippen molar-refractivity contribution < 1.29 is 5.11 Å². The van der Waals surface area contributed by atoms with Crippen molar-refractivity contribution in [3.8, 4) is 0 Å². The second-order valence-corrected chi connectivity index (χ2v) is 7.53. The van der Waals surface area contributed by atoms with Gasteiger partial charge in [0.2, 0.25) is 0 Å². The maximum atomic E-state index is 9.15. The minimum Gasteiger partial charge on any atom is -0.392 e. The molecule has 0 bridgehead atoms. The van der Waals surface area contributed by atoms with Crippen LogP contribution in [0.15, 0.2) is 58.2 Å². The molecule has 0 saturated heterocycles. The van der Waals surface area contributed by atoms with E-state index in [2.05, 4.69) is 65.8 Å². The fourth-order valence-electron chi connectivity index (χ4n) is 2.59. The number of hydrogen-bond donors (Lipinski definition) is 1. The maximum Gasteiger partial charge on any atom is 0.0615 e. The fraction of sp³-hybridized carbons (Fsp3) is 0.583. The van der Waals surface area contributed by atoms with Gasteiger partial charge >= 0.3 is 0 Å². The molecule has 0 unspecified atom stereocenters. The first-order chi connectivity index (χ1) is 11.8. The van der Waals surface area contributed by atoms with Crippen LogP contribution in [0.2, 0.25) is 0 Å². The zero-order chi connectivity index (χ0) is 19.1. The van der Waals surface area contributed by atoms with Gasteiger partial charge in [0.15, 0.2) is 0 Å². The van der Waals surface area contributed by atoms with Crippen LogP contribution in [0.4, 0.5) is 0 Å². The van der Waals surface area contributed by atoms with Crippen LogP contribution in [0.5, 0.6) is 0 Å². The largest absolute Gasteiger partial charge is 0.392 e. The Balaban J connectivity index is 4.21. The van der Waals surface area contributed by atoms with E-state index < -0.39 is 0 Å². The van der Waals surface area contributed by atoms with E-state index in [0.717, 1.165) is 38.5 Å². The molecule has 0 saturated carbocycles. The molecular weight excluding hydrogens is 304 g/mol. The Labute approximate surface area is 156 Å². The molecule has 0 fully saturated rings. The lowest BCUT2D eigenvalue weighted by Crippen LogP contribution is -1.87. The average Bonchev–Trinajstić information content (AvgIpc) is 2.52. The molecule has 0 aliphatic carbocycles. The van der Waals surface area contributed by atoms with Crippen LogP contribution in [0, 0.1) is 0 Å². The second kappa shape index (κ2) is 15.0. The molecule has 1 N–H and O–H groups in total. The van der Waals surface area contributed by atoms with Crippen molar-refractivity contribution in [1.29, 1.82) is 0 Å². The molecule has 0 aromatic rings. The molecule has 0 aliphatic heterocycles. The highest BCUT2D eigenvalue weighted by Gasteiger charge is 1.96. The third kappa shape index (κ3) is 15.9. The molecule has 142 valence electrons. The normalized spacial score (nSPS) is 13.0. The van der Waals surface area contributed by atoms with Gasteiger partial charge < -0.3 is 5.11 Å². The van der Waals surface area contributed by atoms with E-state index in [-0.39, 0.29) is 6.61 Å². The summed E-state index contributed by atoms with van der Waals surface area (Å²) in [5.41, 5.74) is 7.05. The van der Waals surface area contributed by atoms with E-state index in [1.165, 1.54) is 34.3 Å². The van der Waals surface area contributed by atoms with Crippen LogP contribution in [0.25, 0.3) is 0 Å². The lowest BCUT2D eigenvalue weighted by molar-refractivity contribution is 0.341. The number of allylic oxidation sites excluding steroid dienone is 9. The summed E-state index contributed by atoms with van der Waals surface area (Å²) in [5, 5.41) is 9.15. The van der Waals surface area contributed by atoms with Gasteiger partial charge in [0.05, 0.1) is 6.61 Å². The zero-order valence-electron chi connectivity index (χ0n) is 17.5. The van der Waals surface area contributed by atoms with Gasteiger partial charge in [-0.1, -0.05) is 58.2 Å². The molecule has 0 aromatic carbocycles. The summed E-state index contributed by atoms with van der Waals surface area (Å²) in [4.78, 5) is 0. The summed E-state index contributed by atoms with van der Waals surface area (Å²) in [5.74, 6) is 0. The van der Waals surface area contributed by atoms with Crippen molar-refractivity contribution in [2.75, 3.05) is 6.61 Å². The van der Waals surface area contributed by atoms with Gasteiger partial charge in [-0.05, 0) is 86.5 Å². The molecule has 0 aromatic heterocycles. The Hall–Kier alpha value is -1.34. The molecule has 0 aliphatic rings. The van der Waals surface area contributed by atoms with E-state index in [9.17, 15) is 0 Å². The fourth-order valence-corrected chi connectivity index (χ4v) is 2.59. The average molecular weight is 345 g/mol. The summed E-state index contributed by atoms with van der Waals surface area (Å²) in [7, 11) is 0. The van der Waals surface area contributed by atoms with Crippen LogP contribution in [-0.4, -0.2) is 11.7 Å². The predicted molar refractivity (Wildman–Crippen MR) is 114 cm³/mol. The van der Waals surface area contributed by atoms with Crippen LogP contribution in [-0.2, 0) is 0 Å². The predicted octanol–water partition coefficient (Wildman–Crippen LogP) is 7.46.